The smallest absolute Gasteiger partial charge is 0.0569 e. The van der Waals surface area contributed by atoms with Crippen LogP contribution in [0.1, 0.15) is 0 Å². The monoisotopic (exact) mass is 137 g/mol. The molecule has 0 aliphatic carbocycles. The third-order valence-corrected chi connectivity index (χ3v) is 1.66. The highest BCUT2D eigenvalue weighted by molar-refractivity contribution is 4.76. The van der Waals surface area contributed by atoms with E-state index in [4.69, 9.17) is 4.74 Å². The van der Waals surface area contributed by atoms with Gasteiger partial charge in [-0.25, -0.2) is 0 Å². The molecule has 0 amide bonds. The minimum Gasteiger partial charge on any atom is -0.381 e. The first-order chi connectivity index (χ1) is 4.95. The molecular formula is C7H9N2O. The fraction of sp³-hybridized carbons (Fsp3) is 0.571. The van der Waals surface area contributed by atoms with Gasteiger partial charge in [0.2, 0.25) is 0 Å². The SMILES string of the molecule is [c]1cnn(CC2COC2)c1. The van der Waals surface area contributed by atoms with Gasteiger partial charge in [0.15, 0.2) is 0 Å². The van der Waals surface area contributed by atoms with Crippen LogP contribution in [0, 0.1) is 12.0 Å². The van der Waals surface area contributed by atoms with E-state index < -0.39 is 0 Å². The summed E-state index contributed by atoms with van der Waals surface area (Å²) in [6.07, 6.45) is 3.54. The van der Waals surface area contributed by atoms with E-state index in [1.54, 1.807) is 6.20 Å². The van der Waals surface area contributed by atoms with E-state index in [0.29, 0.717) is 5.92 Å². The van der Waals surface area contributed by atoms with Crippen LogP contribution in [0.3, 0.4) is 0 Å². The molecule has 0 bridgehead atoms. The van der Waals surface area contributed by atoms with Gasteiger partial charge in [-0.3, -0.25) is 4.68 Å². The Morgan fingerprint density at radius 1 is 1.70 bits per heavy atom. The van der Waals surface area contributed by atoms with Crippen molar-refractivity contribution in [3.8, 4) is 0 Å². The van der Waals surface area contributed by atoms with Crippen LogP contribution in [0.2, 0.25) is 0 Å². The Morgan fingerprint density at radius 2 is 2.60 bits per heavy atom. The number of rotatable bonds is 2. The lowest BCUT2D eigenvalue weighted by molar-refractivity contribution is -0.0408. The van der Waals surface area contributed by atoms with Crippen molar-refractivity contribution in [1.29, 1.82) is 0 Å². The van der Waals surface area contributed by atoms with E-state index in [1.807, 2.05) is 10.9 Å². The van der Waals surface area contributed by atoms with Crippen molar-refractivity contribution in [3.63, 3.8) is 0 Å². The highest BCUT2D eigenvalue weighted by Crippen LogP contribution is 2.11. The van der Waals surface area contributed by atoms with Crippen molar-refractivity contribution in [3.05, 3.63) is 18.5 Å². The Hall–Kier alpha value is -0.830. The lowest BCUT2D eigenvalue weighted by Crippen LogP contribution is -2.31. The standard InChI is InChI=1S/C7H9N2O/c1-2-8-9(3-1)4-7-5-10-6-7/h2-3,7H,4-6H2. The number of ether oxygens (including phenoxy) is 1. The van der Waals surface area contributed by atoms with Crippen LogP contribution < -0.4 is 0 Å². The predicted molar refractivity (Wildman–Crippen MR) is 35.4 cm³/mol. The van der Waals surface area contributed by atoms with Gasteiger partial charge in [-0.15, -0.1) is 0 Å². The Bertz CT molecular complexity index is 191. The molecule has 1 aliphatic rings. The van der Waals surface area contributed by atoms with Crippen molar-refractivity contribution in [1.82, 2.24) is 9.78 Å². The average molecular weight is 137 g/mol. The van der Waals surface area contributed by atoms with Gasteiger partial charge in [0.25, 0.3) is 0 Å². The summed E-state index contributed by atoms with van der Waals surface area (Å²) in [6, 6.07) is 2.89. The highest BCUT2D eigenvalue weighted by Gasteiger charge is 2.18. The van der Waals surface area contributed by atoms with Gasteiger partial charge in [-0.1, -0.05) is 0 Å². The molecule has 0 unspecified atom stereocenters. The van der Waals surface area contributed by atoms with Gasteiger partial charge in [-0.2, -0.15) is 5.10 Å². The van der Waals surface area contributed by atoms with Crippen molar-refractivity contribution in [2.75, 3.05) is 13.2 Å². The molecule has 1 aromatic heterocycles. The molecule has 0 saturated carbocycles. The van der Waals surface area contributed by atoms with Gasteiger partial charge in [0.05, 0.1) is 19.4 Å². The lowest BCUT2D eigenvalue weighted by atomic mass is 10.1. The molecule has 1 aromatic rings. The zero-order valence-corrected chi connectivity index (χ0v) is 5.66. The first kappa shape index (κ1) is 5.92. The van der Waals surface area contributed by atoms with Crippen LogP contribution >= 0.6 is 0 Å². The third-order valence-electron chi connectivity index (χ3n) is 1.66. The second-order valence-electron chi connectivity index (χ2n) is 2.57. The van der Waals surface area contributed by atoms with E-state index in [-0.39, 0.29) is 0 Å². The van der Waals surface area contributed by atoms with Crippen LogP contribution in [0.25, 0.3) is 0 Å². The first-order valence-corrected chi connectivity index (χ1v) is 3.41. The number of aromatic nitrogens is 2. The molecule has 1 radical (unpaired) electrons. The first-order valence-electron chi connectivity index (χ1n) is 3.41. The summed E-state index contributed by atoms with van der Waals surface area (Å²) >= 11 is 0. The topological polar surface area (TPSA) is 27.1 Å². The summed E-state index contributed by atoms with van der Waals surface area (Å²) in [4.78, 5) is 0. The summed E-state index contributed by atoms with van der Waals surface area (Å²) in [5.41, 5.74) is 0. The van der Waals surface area contributed by atoms with Crippen LogP contribution in [-0.4, -0.2) is 23.0 Å². The molecule has 53 valence electrons. The quantitative estimate of drug-likeness (QED) is 0.587. The molecule has 0 aromatic carbocycles. The van der Waals surface area contributed by atoms with Crippen LogP contribution in [-0.2, 0) is 11.3 Å². The van der Waals surface area contributed by atoms with Crippen molar-refractivity contribution < 1.29 is 4.74 Å². The van der Waals surface area contributed by atoms with E-state index in [9.17, 15) is 0 Å². The zero-order valence-electron chi connectivity index (χ0n) is 5.66. The van der Waals surface area contributed by atoms with E-state index in [2.05, 4.69) is 11.2 Å². The molecule has 3 nitrogen and oxygen atoms in total. The van der Waals surface area contributed by atoms with Gasteiger partial charge in [0.1, 0.15) is 0 Å². The van der Waals surface area contributed by atoms with Crippen LogP contribution in [0.4, 0.5) is 0 Å². The van der Waals surface area contributed by atoms with E-state index in [0.717, 1.165) is 19.8 Å². The van der Waals surface area contributed by atoms with Gasteiger partial charge >= 0.3 is 0 Å². The minimum atomic E-state index is 0.674. The van der Waals surface area contributed by atoms with Crippen molar-refractivity contribution in [2.45, 2.75) is 6.54 Å². The maximum Gasteiger partial charge on any atom is 0.0569 e. The summed E-state index contributed by atoms with van der Waals surface area (Å²) in [5.74, 6) is 0.674. The van der Waals surface area contributed by atoms with Crippen LogP contribution in [0.5, 0.6) is 0 Å². The van der Waals surface area contributed by atoms with Gasteiger partial charge in [-0.05, 0) is 0 Å². The largest absolute Gasteiger partial charge is 0.381 e. The van der Waals surface area contributed by atoms with Crippen molar-refractivity contribution >= 4 is 0 Å². The Kier molecular flexibility index (Phi) is 1.43. The van der Waals surface area contributed by atoms with Gasteiger partial charge < -0.3 is 4.74 Å². The number of hydrogen-bond donors (Lipinski definition) is 0. The number of nitrogens with zero attached hydrogens (tertiary/aromatic N) is 2. The molecule has 0 atom stereocenters. The summed E-state index contributed by atoms with van der Waals surface area (Å²) in [7, 11) is 0. The maximum atomic E-state index is 5.03. The molecular weight excluding hydrogens is 128 g/mol. The zero-order chi connectivity index (χ0) is 6.81. The molecule has 1 aliphatic heterocycles. The van der Waals surface area contributed by atoms with E-state index in [1.165, 1.54) is 0 Å². The highest BCUT2D eigenvalue weighted by atomic mass is 16.5. The maximum absolute atomic E-state index is 5.03. The molecule has 2 rings (SSSR count). The summed E-state index contributed by atoms with van der Waals surface area (Å²) in [6.45, 7) is 2.75. The Morgan fingerprint density at radius 3 is 3.10 bits per heavy atom. The number of hydrogen-bond acceptors (Lipinski definition) is 2. The molecule has 0 spiro atoms. The second-order valence-corrected chi connectivity index (χ2v) is 2.57. The van der Waals surface area contributed by atoms with Crippen LogP contribution in [0.15, 0.2) is 12.4 Å². The fourth-order valence-electron chi connectivity index (χ4n) is 1.01. The molecule has 0 N–H and O–H groups in total. The van der Waals surface area contributed by atoms with Crippen molar-refractivity contribution in [2.24, 2.45) is 5.92 Å². The summed E-state index contributed by atoms with van der Waals surface area (Å²) < 4.78 is 6.93. The Balaban J connectivity index is 1.90. The summed E-state index contributed by atoms with van der Waals surface area (Å²) in [5, 5.41) is 4.04. The van der Waals surface area contributed by atoms with E-state index >= 15 is 0 Å². The average Bonchev–Trinajstić information content (AvgIpc) is 2.29. The molecule has 1 saturated heterocycles. The normalized spacial score (nSPS) is 18.8. The van der Waals surface area contributed by atoms with Gasteiger partial charge in [0, 0.05) is 24.7 Å². The minimum absolute atomic E-state index is 0.674. The molecule has 1 fully saturated rings. The Labute approximate surface area is 59.6 Å². The second kappa shape index (κ2) is 2.42. The fourth-order valence-corrected chi connectivity index (χ4v) is 1.01. The predicted octanol–water partition coefficient (Wildman–Crippen LogP) is 0.330. The lowest BCUT2D eigenvalue weighted by Gasteiger charge is -2.25. The molecule has 3 heteroatoms. The molecule has 10 heavy (non-hydrogen) atoms. The molecule has 2 heterocycles. The third kappa shape index (κ3) is 1.04.